The van der Waals surface area contributed by atoms with Crippen molar-refractivity contribution in [3.05, 3.63) is 0 Å². The number of carbonyl (C=O) groups excluding carboxylic acids is 3. The molecule has 1 aliphatic heterocycles. The third-order valence-electron chi connectivity index (χ3n) is 5.93. The predicted molar refractivity (Wildman–Crippen MR) is 140 cm³/mol. The van der Waals surface area contributed by atoms with E-state index in [-0.39, 0.29) is 18.9 Å². The number of carboxylic acid groups (broad SMARTS) is 1. The van der Waals surface area contributed by atoms with Crippen LogP contribution in [0, 0.1) is 0 Å². The monoisotopic (exact) mass is 530 g/mol. The average Bonchev–Trinajstić information content (AvgIpc) is 3.33. The van der Waals surface area contributed by atoms with Crippen molar-refractivity contribution >= 4 is 41.4 Å². The zero-order chi connectivity index (χ0) is 27.1. The van der Waals surface area contributed by atoms with Crippen molar-refractivity contribution < 1.29 is 24.3 Å². The largest absolute Gasteiger partial charge is 0.480 e. The van der Waals surface area contributed by atoms with Gasteiger partial charge in [-0.3, -0.25) is 19.4 Å². The van der Waals surface area contributed by atoms with Gasteiger partial charge in [0.1, 0.15) is 18.1 Å². The van der Waals surface area contributed by atoms with Gasteiger partial charge in [-0.05, 0) is 63.5 Å². The van der Waals surface area contributed by atoms with Crippen molar-refractivity contribution in [2.24, 2.45) is 27.9 Å². The number of guanidine groups is 1. The summed E-state index contributed by atoms with van der Waals surface area (Å²) in [5.74, 6) is -2.04. The lowest BCUT2D eigenvalue weighted by Gasteiger charge is -2.29. The van der Waals surface area contributed by atoms with Gasteiger partial charge in [0.05, 0.1) is 6.04 Å². The first-order valence-corrected chi connectivity index (χ1v) is 13.7. The van der Waals surface area contributed by atoms with Crippen LogP contribution in [0.25, 0.3) is 0 Å². The minimum absolute atomic E-state index is 0.0879. The Kier molecular flexibility index (Phi) is 14.8. The lowest BCUT2D eigenvalue weighted by Crippen LogP contribution is -2.57. The lowest BCUT2D eigenvalue weighted by atomic mass is 10.1. The number of unbranched alkanes of at least 4 members (excludes halogenated alkanes) is 1. The number of aliphatic carboxylic acids is 1. The van der Waals surface area contributed by atoms with Gasteiger partial charge in [0, 0.05) is 13.1 Å². The number of amides is 3. The van der Waals surface area contributed by atoms with E-state index in [0.29, 0.717) is 57.4 Å². The molecule has 36 heavy (non-hydrogen) atoms. The maximum absolute atomic E-state index is 13.3. The number of hydrogen-bond donors (Lipinski definition) is 7. The number of thioether (sulfide) groups is 1. The molecule has 0 bridgehead atoms. The van der Waals surface area contributed by atoms with Gasteiger partial charge < -0.3 is 43.6 Å². The maximum Gasteiger partial charge on any atom is 0.326 e. The molecule has 1 fully saturated rings. The smallest absolute Gasteiger partial charge is 0.326 e. The van der Waals surface area contributed by atoms with Crippen LogP contribution in [0.15, 0.2) is 4.99 Å². The molecule has 0 aliphatic carbocycles. The first-order chi connectivity index (χ1) is 17.1. The van der Waals surface area contributed by atoms with E-state index >= 15 is 0 Å². The number of nitrogens with one attached hydrogen (secondary N) is 2. The molecule has 0 aromatic carbocycles. The summed E-state index contributed by atoms with van der Waals surface area (Å²) in [4.78, 5) is 55.9. The molecule has 3 amide bonds. The number of hydrogen-bond acceptors (Lipinski definition) is 8. The molecule has 0 saturated carbocycles. The van der Waals surface area contributed by atoms with Gasteiger partial charge in [0.25, 0.3) is 0 Å². The van der Waals surface area contributed by atoms with Crippen LogP contribution in [0.3, 0.4) is 0 Å². The summed E-state index contributed by atoms with van der Waals surface area (Å²) in [6, 6.07) is -3.60. The third-order valence-corrected chi connectivity index (χ3v) is 6.57. The first kappa shape index (κ1) is 31.4. The van der Waals surface area contributed by atoms with Crippen molar-refractivity contribution in [2.75, 3.05) is 31.6 Å². The Morgan fingerprint density at radius 1 is 1.06 bits per heavy atom. The average molecular weight is 531 g/mol. The summed E-state index contributed by atoms with van der Waals surface area (Å²) in [6.45, 7) is 1.04. The number of likely N-dealkylation sites (tertiary alicyclic amines) is 1. The van der Waals surface area contributed by atoms with Crippen LogP contribution in [0.2, 0.25) is 0 Å². The minimum atomic E-state index is -1.08. The van der Waals surface area contributed by atoms with Crippen molar-refractivity contribution in [3.63, 3.8) is 0 Å². The number of carboxylic acids is 1. The van der Waals surface area contributed by atoms with E-state index in [2.05, 4.69) is 15.6 Å². The van der Waals surface area contributed by atoms with Gasteiger partial charge in [-0.25, -0.2) is 4.79 Å². The Hall–Kier alpha value is -2.58. The van der Waals surface area contributed by atoms with Crippen LogP contribution in [0.1, 0.15) is 51.4 Å². The highest BCUT2D eigenvalue weighted by Gasteiger charge is 2.38. The van der Waals surface area contributed by atoms with E-state index in [1.807, 2.05) is 6.26 Å². The van der Waals surface area contributed by atoms with Crippen LogP contribution in [0.5, 0.6) is 0 Å². The summed E-state index contributed by atoms with van der Waals surface area (Å²) >= 11 is 1.51. The fraction of sp³-hybridized carbons (Fsp3) is 0.773. The fourth-order valence-corrected chi connectivity index (χ4v) is 4.42. The predicted octanol–water partition coefficient (Wildman–Crippen LogP) is -1.71. The molecule has 0 aromatic rings. The summed E-state index contributed by atoms with van der Waals surface area (Å²) < 4.78 is 0. The SMILES string of the molecule is CSCCC(NC(=O)C(N)CCCCN)C(=O)NC(CCCN=C(N)N)C(=O)N1CCCC1C(=O)O. The van der Waals surface area contributed by atoms with E-state index in [9.17, 15) is 24.3 Å². The van der Waals surface area contributed by atoms with Crippen LogP contribution in [-0.2, 0) is 19.2 Å². The maximum atomic E-state index is 13.3. The Morgan fingerprint density at radius 3 is 2.36 bits per heavy atom. The number of carbonyl (C=O) groups is 4. The van der Waals surface area contributed by atoms with Gasteiger partial charge >= 0.3 is 5.97 Å². The molecule has 14 heteroatoms. The van der Waals surface area contributed by atoms with E-state index < -0.39 is 47.9 Å². The summed E-state index contributed by atoms with van der Waals surface area (Å²) in [5, 5.41) is 14.9. The van der Waals surface area contributed by atoms with Crippen molar-refractivity contribution in [3.8, 4) is 0 Å². The zero-order valence-electron chi connectivity index (χ0n) is 21.0. The lowest BCUT2D eigenvalue weighted by molar-refractivity contribution is -0.149. The zero-order valence-corrected chi connectivity index (χ0v) is 21.8. The highest BCUT2D eigenvalue weighted by Crippen LogP contribution is 2.20. The fourth-order valence-electron chi connectivity index (χ4n) is 3.94. The van der Waals surface area contributed by atoms with Crippen molar-refractivity contribution in [1.82, 2.24) is 15.5 Å². The molecule has 206 valence electrons. The Morgan fingerprint density at radius 2 is 1.75 bits per heavy atom. The summed E-state index contributed by atoms with van der Waals surface area (Å²) in [7, 11) is 0. The van der Waals surface area contributed by atoms with E-state index in [1.165, 1.54) is 16.7 Å². The van der Waals surface area contributed by atoms with Gasteiger partial charge in [-0.15, -0.1) is 0 Å². The molecule has 13 nitrogen and oxygen atoms in total. The second-order valence-electron chi connectivity index (χ2n) is 8.77. The molecule has 1 saturated heterocycles. The first-order valence-electron chi connectivity index (χ1n) is 12.3. The number of nitrogens with two attached hydrogens (primary N) is 4. The van der Waals surface area contributed by atoms with Crippen molar-refractivity contribution in [2.45, 2.75) is 75.5 Å². The summed E-state index contributed by atoms with van der Waals surface area (Å²) in [6.07, 6.45) is 5.59. The second-order valence-corrected chi connectivity index (χ2v) is 9.76. The number of rotatable bonds is 17. The summed E-state index contributed by atoms with van der Waals surface area (Å²) in [5.41, 5.74) is 22.2. The van der Waals surface area contributed by atoms with E-state index in [4.69, 9.17) is 22.9 Å². The van der Waals surface area contributed by atoms with E-state index in [0.717, 1.165) is 6.42 Å². The Bertz CT molecular complexity index is 765. The van der Waals surface area contributed by atoms with E-state index in [1.54, 1.807) is 0 Å². The Labute approximate surface area is 216 Å². The molecule has 0 spiro atoms. The van der Waals surface area contributed by atoms with Gasteiger partial charge in [-0.1, -0.05) is 6.42 Å². The quantitative estimate of drug-likeness (QED) is 0.0639. The number of nitrogens with zero attached hydrogens (tertiary/aromatic N) is 2. The third kappa shape index (κ3) is 11.0. The van der Waals surface area contributed by atoms with Crippen LogP contribution in [0.4, 0.5) is 0 Å². The number of aliphatic imine (C=N–C) groups is 1. The molecular formula is C22H42N8O5S. The molecular weight excluding hydrogens is 488 g/mol. The van der Waals surface area contributed by atoms with Crippen molar-refractivity contribution in [1.29, 1.82) is 0 Å². The molecule has 0 radical (unpaired) electrons. The molecule has 1 aliphatic rings. The molecule has 1 rings (SSSR count). The molecule has 4 unspecified atom stereocenters. The minimum Gasteiger partial charge on any atom is -0.480 e. The molecule has 4 atom stereocenters. The Balaban J connectivity index is 2.96. The second kappa shape index (κ2) is 17.0. The van der Waals surface area contributed by atoms with Gasteiger partial charge in [0.15, 0.2) is 5.96 Å². The van der Waals surface area contributed by atoms with Crippen LogP contribution < -0.4 is 33.6 Å². The van der Waals surface area contributed by atoms with Gasteiger partial charge in [-0.2, -0.15) is 11.8 Å². The standard InChI is InChI=1S/C22H42N8O5S/c1-36-13-9-15(28-18(31)14(24)6-2-3-10-23)19(32)29-16(7-4-11-27-22(25)26)20(33)30-12-5-8-17(30)21(34)35/h14-17H,2-13,23-24H2,1H3,(H,28,31)(H,29,32)(H,34,35)(H4,25,26,27). The molecule has 1 heterocycles. The van der Waals surface area contributed by atoms with Gasteiger partial charge in [0.2, 0.25) is 17.7 Å². The molecule has 11 N–H and O–H groups in total. The highest BCUT2D eigenvalue weighted by atomic mass is 32.2. The topological polar surface area (TPSA) is 232 Å². The normalized spacial score (nSPS) is 17.6. The molecule has 0 aromatic heterocycles. The van der Waals surface area contributed by atoms with Crippen LogP contribution in [-0.4, -0.2) is 95.5 Å². The highest BCUT2D eigenvalue weighted by molar-refractivity contribution is 7.98. The van der Waals surface area contributed by atoms with Crippen LogP contribution >= 0.6 is 11.8 Å².